The predicted octanol–water partition coefficient (Wildman–Crippen LogP) is 4.98. The van der Waals surface area contributed by atoms with E-state index in [4.69, 9.17) is 0 Å². The van der Waals surface area contributed by atoms with E-state index in [1.807, 2.05) is 18.3 Å². The number of pyridine rings is 1. The molecule has 3 aromatic rings. The first-order chi connectivity index (χ1) is 9.88. The zero-order chi connectivity index (χ0) is 13.8. The monoisotopic (exact) mass is 259 g/mol. The van der Waals surface area contributed by atoms with E-state index in [-0.39, 0.29) is 0 Å². The van der Waals surface area contributed by atoms with Gasteiger partial charge in [-0.05, 0) is 35.2 Å². The molecule has 0 fully saturated rings. The minimum absolute atomic E-state index is 1.02. The maximum Gasteiger partial charge on any atom is 0.0708 e. The van der Waals surface area contributed by atoms with Crippen molar-refractivity contribution in [2.45, 2.75) is 13.3 Å². The van der Waals surface area contributed by atoms with Gasteiger partial charge in [-0.2, -0.15) is 0 Å². The van der Waals surface area contributed by atoms with Crippen molar-refractivity contribution in [3.05, 3.63) is 78.5 Å². The van der Waals surface area contributed by atoms with E-state index in [0.717, 1.165) is 12.1 Å². The molecule has 0 radical (unpaired) electrons. The van der Waals surface area contributed by atoms with Crippen LogP contribution >= 0.6 is 0 Å². The minimum Gasteiger partial charge on any atom is -0.256 e. The van der Waals surface area contributed by atoms with Crippen LogP contribution in [0.4, 0.5) is 0 Å². The van der Waals surface area contributed by atoms with Crippen LogP contribution in [0, 0.1) is 0 Å². The lowest BCUT2D eigenvalue weighted by Gasteiger charge is -2.09. The number of nitrogens with zero attached hydrogens (tertiary/aromatic N) is 1. The number of benzene rings is 2. The highest BCUT2D eigenvalue weighted by Crippen LogP contribution is 2.30. The van der Waals surface area contributed by atoms with Crippen molar-refractivity contribution in [1.29, 1.82) is 0 Å². The van der Waals surface area contributed by atoms with Crippen molar-refractivity contribution >= 4 is 0 Å². The largest absolute Gasteiger partial charge is 0.256 e. The lowest BCUT2D eigenvalue weighted by Crippen LogP contribution is -1.88. The van der Waals surface area contributed by atoms with Crippen molar-refractivity contribution in [2.24, 2.45) is 0 Å². The van der Waals surface area contributed by atoms with E-state index >= 15 is 0 Å². The van der Waals surface area contributed by atoms with Gasteiger partial charge in [0.1, 0.15) is 0 Å². The van der Waals surface area contributed by atoms with Gasteiger partial charge < -0.3 is 0 Å². The molecule has 0 spiro atoms. The maximum atomic E-state index is 4.47. The van der Waals surface area contributed by atoms with Gasteiger partial charge in [0, 0.05) is 11.8 Å². The molecule has 1 heterocycles. The fourth-order valence-electron chi connectivity index (χ4n) is 2.40. The summed E-state index contributed by atoms with van der Waals surface area (Å²) in [6.45, 7) is 2.18. The minimum atomic E-state index is 1.02. The van der Waals surface area contributed by atoms with Crippen LogP contribution in [-0.2, 0) is 6.42 Å². The van der Waals surface area contributed by atoms with Crippen molar-refractivity contribution < 1.29 is 0 Å². The van der Waals surface area contributed by atoms with Gasteiger partial charge in [0.2, 0.25) is 0 Å². The normalized spacial score (nSPS) is 10.4. The molecule has 0 N–H and O–H groups in total. The van der Waals surface area contributed by atoms with E-state index in [9.17, 15) is 0 Å². The van der Waals surface area contributed by atoms with Gasteiger partial charge in [-0.3, -0.25) is 4.98 Å². The summed E-state index contributed by atoms with van der Waals surface area (Å²) in [5.41, 5.74) is 6.03. The third-order valence-electron chi connectivity index (χ3n) is 3.54. The van der Waals surface area contributed by atoms with E-state index in [1.165, 1.54) is 22.3 Å². The Kier molecular flexibility index (Phi) is 3.60. The highest BCUT2D eigenvalue weighted by Gasteiger charge is 2.07. The molecule has 0 bridgehead atoms. The van der Waals surface area contributed by atoms with E-state index in [1.54, 1.807) is 0 Å². The Labute approximate surface area is 119 Å². The SMILES string of the molecule is CCc1ccc(-c2ccccc2-c2ccccn2)cc1. The molecule has 1 heteroatoms. The summed E-state index contributed by atoms with van der Waals surface area (Å²) in [5, 5.41) is 0. The van der Waals surface area contributed by atoms with Crippen LogP contribution < -0.4 is 0 Å². The zero-order valence-electron chi connectivity index (χ0n) is 11.6. The van der Waals surface area contributed by atoms with Crippen molar-refractivity contribution in [3.63, 3.8) is 0 Å². The van der Waals surface area contributed by atoms with Gasteiger partial charge in [0.05, 0.1) is 5.69 Å². The van der Waals surface area contributed by atoms with Gasteiger partial charge in [0.25, 0.3) is 0 Å². The van der Waals surface area contributed by atoms with Gasteiger partial charge >= 0.3 is 0 Å². The highest BCUT2D eigenvalue weighted by atomic mass is 14.7. The highest BCUT2D eigenvalue weighted by molar-refractivity contribution is 5.81. The summed E-state index contributed by atoms with van der Waals surface area (Å²) in [4.78, 5) is 4.47. The summed E-state index contributed by atoms with van der Waals surface area (Å²) >= 11 is 0. The predicted molar refractivity (Wildman–Crippen MR) is 84.5 cm³/mol. The van der Waals surface area contributed by atoms with Gasteiger partial charge in [0.15, 0.2) is 0 Å². The Bertz CT molecular complexity index is 684. The topological polar surface area (TPSA) is 12.9 Å². The molecule has 1 nitrogen and oxygen atoms in total. The molecule has 98 valence electrons. The number of hydrogen-bond donors (Lipinski definition) is 0. The molecule has 1 aromatic heterocycles. The molecular formula is C19H17N. The fourth-order valence-corrected chi connectivity index (χ4v) is 2.40. The Morgan fingerprint density at radius 1 is 0.750 bits per heavy atom. The second-order valence-electron chi connectivity index (χ2n) is 4.81. The molecule has 0 saturated carbocycles. The number of aryl methyl sites for hydroxylation is 1. The first-order valence-electron chi connectivity index (χ1n) is 6.98. The molecule has 0 amide bonds. The molecule has 0 saturated heterocycles. The Morgan fingerprint density at radius 2 is 1.45 bits per heavy atom. The van der Waals surface area contributed by atoms with Crippen LogP contribution in [0.2, 0.25) is 0 Å². The number of hydrogen-bond acceptors (Lipinski definition) is 1. The lowest BCUT2D eigenvalue weighted by atomic mass is 9.96. The van der Waals surface area contributed by atoms with E-state index in [2.05, 4.69) is 66.5 Å². The Hall–Kier alpha value is -2.41. The third kappa shape index (κ3) is 2.48. The fraction of sp³-hybridized carbons (Fsp3) is 0.105. The average Bonchev–Trinajstić information content (AvgIpc) is 2.56. The summed E-state index contributed by atoms with van der Waals surface area (Å²) in [6.07, 6.45) is 2.91. The molecule has 2 aromatic carbocycles. The lowest BCUT2D eigenvalue weighted by molar-refractivity contribution is 1.14. The molecule has 0 unspecified atom stereocenters. The zero-order valence-corrected chi connectivity index (χ0v) is 11.6. The molecule has 20 heavy (non-hydrogen) atoms. The van der Waals surface area contributed by atoms with Crippen molar-refractivity contribution in [3.8, 4) is 22.4 Å². The number of aromatic nitrogens is 1. The summed E-state index contributed by atoms with van der Waals surface area (Å²) in [7, 11) is 0. The second-order valence-corrected chi connectivity index (χ2v) is 4.81. The molecule has 3 rings (SSSR count). The standard InChI is InChI=1S/C19H17N/c1-2-15-10-12-16(13-11-15)17-7-3-4-8-18(17)19-9-5-6-14-20-19/h3-14H,2H2,1H3. The molecule has 0 aliphatic heterocycles. The summed E-state index contributed by atoms with van der Waals surface area (Å²) < 4.78 is 0. The van der Waals surface area contributed by atoms with E-state index in [0.29, 0.717) is 0 Å². The molecule has 0 aliphatic rings. The van der Waals surface area contributed by atoms with Gasteiger partial charge in [-0.25, -0.2) is 0 Å². The Morgan fingerprint density at radius 3 is 2.10 bits per heavy atom. The average molecular weight is 259 g/mol. The Balaban J connectivity index is 2.10. The van der Waals surface area contributed by atoms with Crippen LogP contribution in [-0.4, -0.2) is 4.98 Å². The maximum absolute atomic E-state index is 4.47. The van der Waals surface area contributed by atoms with Gasteiger partial charge in [-0.15, -0.1) is 0 Å². The molecule has 0 aliphatic carbocycles. The first kappa shape index (κ1) is 12.6. The third-order valence-corrected chi connectivity index (χ3v) is 3.54. The van der Waals surface area contributed by atoms with Crippen LogP contribution in [0.25, 0.3) is 22.4 Å². The molecule has 0 atom stereocenters. The van der Waals surface area contributed by atoms with Crippen molar-refractivity contribution in [2.75, 3.05) is 0 Å². The van der Waals surface area contributed by atoms with E-state index < -0.39 is 0 Å². The van der Waals surface area contributed by atoms with Crippen LogP contribution in [0.15, 0.2) is 72.9 Å². The molecular weight excluding hydrogens is 242 g/mol. The number of rotatable bonds is 3. The summed E-state index contributed by atoms with van der Waals surface area (Å²) in [6, 6.07) is 23.2. The van der Waals surface area contributed by atoms with Crippen LogP contribution in [0.1, 0.15) is 12.5 Å². The van der Waals surface area contributed by atoms with Crippen LogP contribution in [0.3, 0.4) is 0 Å². The summed E-state index contributed by atoms with van der Waals surface area (Å²) in [5.74, 6) is 0. The first-order valence-corrected chi connectivity index (χ1v) is 6.98. The smallest absolute Gasteiger partial charge is 0.0708 e. The van der Waals surface area contributed by atoms with Crippen molar-refractivity contribution in [1.82, 2.24) is 4.98 Å². The second kappa shape index (κ2) is 5.70. The quantitative estimate of drug-likeness (QED) is 0.646. The van der Waals surface area contributed by atoms with Gasteiger partial charge in [-0.1, -0.05) is 61.5 Å². The van der Waals surface area contributed by atoms with Crippen LogP contribution in [0.5, 0.6) is 0 Å².